The van der Waals surface area contributed by atoms with Crippen molar-refractivity contribution in [2.75, 3.05) is 13.7 Å². The third-order valence-electron chi connectivity index (χ3n) is 6.83. The van der Waals surface area contributed by atoms with E-state index in [4.69, 9.17) is 14.2 Å². The average molecular weight is 500 g/mol. The number of benzene rings is 3. The number of hydrogen-bond acceptors (Lipinski definition) is 4. The van der Waals surface area contributed by atoms with Crippen molar-refractivity contribution in [2.24, 2.45) is 0 Å². The zero-order valence-electron chi connectivity index (χ0n) is 19.5. The molecule has 2 atom stereocenters. The van der Waals surface area contributed by atoms with Crippen LogP contribution in [0.2, 0.25) is 0 Å². The molecule has 0 fully saturated rings. The Balaban J connectivity index is 1.41. The Hall–Kier alpha value is -3.55. The third-order valence-corrected chi connectivity index (χ3v) is 6.83. The van der Waals surface area contributed by atoms with Crippen molar-refractivity contribution in [3.05, 3.63) is 93.8 Å². The largest absolute Gasteiger partial charge is 0.492 e. The van der Waals surface area contributed by atoms with Crippen LogP contribution in [0.5, 0.6) is 11.5 Å². The minimum atomic E-state index is -4.52. The summed E-state index contributed by atoms with van der Waals surface area (Å²) >= 11 is 0. The fourth-order valence-corrected chi connectivity index (χ4v) is 5.13. The van der Waals surface area contributed by atoms with E-state index in [0.29, 0.717) is 47.6 Å². The summed E-state index contributed by atoms with van der Waals surface area (Å²) < 4.78 is 72.0. The van der Waals surface area contributed by atoms with Crippen molar-refractivity contribution in [3.8, 4) is 11.5 Å². The highest BCUT2D eigenvalue weighted by atomic mass is 19.4. The monoisotopic (exact) mass is 500 g/mol. The lowest BCUT2D eigenvalue weighted by Crippen LogP contribution is -2.13. The summed E-state index contributed by atoms with van der Waals surface area (Å²) in [7, 11) is 1.34. The predicted molar refractivity (Wildman–Crippen MR) is 124 cm³/mol. The Morgan fingerprint density at radius 2 is 1.89 bits per heavy atom. The normalized spacial score (nSPS) is 18.4. The van der Waals surface area contributed by atoms with Crippen LogP contribution in [0, 0.1) is 5.82 Å². The Bertz CT molecular complexity index is 1300. The molecule has 0 aromatic heterocycles. The van der Waals surface area contributed by atoms with Gasteiger partial charge in [-0.05, 0) is 65.8 Å². The molecule has 0 radical (unpaired) electrons. The van der Waals surface area contributed by atoms with Gasteiger partial charge in [-0.2, -0.15) is 13.2 Å². The van der Waals surface area contributed by atoms with E-state index in [1.54, 1.807) is 18.2 Å². The van der Waals surface area contributed by atoms with E-state index in [1.807, 2.05) is 6.07 Å². The molecular weight excluding hydrogens is 476 g/mol. The zero-order chi connectivity index (χ0) is 25.4. The number of methoxy groups -OCH3 is 1. The Morgan fingerprint density at radius 1 is 1.08 bits per heavy atom. The number of hydrogen-bond donors (Lipinski definition) is 0. The van der Waals surface area contributed by atoms with E-state index in [-0.39, 0.29) is 30.3 Å². The zero-order valence-corrected chi connectivity index (χ0v) is 19.5. The maximum Gasteiger partial charge on any atom is 0.416 e. The molecule has 8 heteroatoms. The van der Waals surface area contributed by atoms with Gasteiger partial charge in [-0.1, -0.05) is 24.3 Å². The van der Waals surface area contributed by atoms with Crippen molar-refractivity contribution >= 4 is 5.97 Å². The van der Waals surface area contributed by atoms with E-state index >= 15 is 0 Å². The van der Waals surface area contributed by atoms with Gasteiger partial charge >= 0.3 is 12.1 Å². The van der Waals surface area contributed by atoms with Gasteiger partial charge in [0.2, 0.25) is 0 Å². The minimum absolute atomic E-state index is 0.0171. The number of rotatable bonds is 6. The number of halogens is 4. The highest BCUT2D eigenvalue weighted by molar-refractivity contribution is 5.71. The summed E-state index contributed by atoms with van der Waals surface area (Å²) in [6.07, 6.45) is -3.79. The van der Waals surface area contributed by atoms with Crippen molar-refractivity contribution in [1.82, 2.24) is 0 Å². The van der Waals surface area contributed by atoms with E-state index in [1.165, 1.54) is 31.4 Å². The lowest BCUT2D eigenvalue weighted by atomic mass is 9.92. The predicted octanol–water partition coefficient (Wildman–Crippen LogP) is 6.54. The van der Waals surface area contributed by atoms with Crippen LogP contribution < -0.4 is 9.47 Å². The van der Waals surface area contributed by atoms with Crippen LogP contribution >= 0.6 is 0 Å². The smallest absolute Gasteiger partial charge is 0.416 e. The van der Waals surface area contributed by atoms with Gasteiger partial charge in [-0.15, -0.1) is 0 Å². The Kier molecular flexibility index (Phi) is 6.36. The van der Waals surface area contributed by atoms with Gasteiger partial charge < -0.3 is 14.2 Å². The number of ether oxygens (including phenoxy) is 3. The molecule has 2 unspecified atom stereocenters. The molecule has 36 heavy (non-hydrogen) atoms. The maximum atomic E-state index is 13.9. The molecule has 0 bridgehead atoms. The summed E-state index contributed by atoms with van der Waals surface area (Å²) in [6, 6.07) is 13.6. The van der Waals surface area contributed by atoms with E-state index in [0.717, 1.165) is 11.6 Å². The molecule has 0 amide bonds. The third kappa shape index (κ3) is 4.76. The molecule has 4 nitrogen and oxygen atoms in total. The molecule has 1 aliphatic heterocycles. The minimum Gasteiger partial charge on any atom is -0.492 e. The molecule has 188 valence electrons. The molecule has 3 aromatic rings. The molecule has 0 saturated heterocycles. The topological polar surface area (TPSA) is 44.8 Å². The molecule has 5 rings (SSSR count). The summed E-state index contributed by atoms with van der Waals surface area (Å²) in [4.78, 5) is 11.6. The molecule has 2 aliphatic rings. The van der Waals surface area contributed by atoms with Crippen molar-refractivity contribution in [3.63, 3.8) is 0 Å². The maximum absolute atomic E-state index is 13.9. The standard InChI is InChI=1S/C28H24F4O4/c1-34-27(33)13-17-15-35-26-14-19(5-6-20(17)26)36-25-10-8-21-22(25)7-9-24(28(30,31)32)23(21)12-16-3-2-4-18(29)11-16/h2-7,9,11,14,17,25H,8,10,12-13,15H2,1H3. The highest BCUT2D eigenvalue weighted by Gasteiger charge is 2.37. The van der Waals surface area contributed by atoms with Gasteiger partial charge in [0, 0.05) is 17.5 Å². The number of fused-ring (bicyclic) bond motifs is 2. The summed E-state index contributed by atoms with van der Waals surface area (Å²) in [5, 5.41) is 0. The van der Waals surface area contributed by atoms with Crippen molar-refractivity contribution < 1.29 is 36.6 Å². The van der Waals surface area contributed by atoms with Crippen LogP contribution in [-0.4, -0.2) is 19.7 Å². The van der Waals surface area contributed by atoms with Gasteiger partial charge in [-0.3, -0.25) is 4.79 Å². The number of carbonyl (C=O) groups is 1. The van der Waals surface area contributed by atoms with Gasteiger partial charge in [0.15, 0.2) is 0 Å². The Morgan fingerprint density at radius 3 is 2.64 bits per heavy atom. The Labute approximate surface area is 205 Å². The van der Waals surface area contributed by atoms with Crippen LogP contribution in [0.3, 0.4) is 0 Å². The SMILES string of the molecule is COC(=O)CC1COc2cc(OC3CCc4c3ccc(C(F)(F)F)c4Cc3cccc(F)c3)ccc21. The van der Waals surface area contributed by atoms with Crippen molar-refractivity contribution in [1.29, 1.82) is 0 Å². The van der Waals surface area contributed by atoms with Gasteiger partial charge in [0.05, 0.1) is 25.7 Å². The molecule has 0 N–H and O–H groups in total. The first-order chi connectivity index (χ1) is 17.2. The number of carbonyl (C=O) groups excluding carboxylic acids is 1. The molecule has 0 saturated carbocycles. The quantitative estimate of drug-likeness (QED) is 0.285. The fraction of sp³-hybridized carbons (Fsp3) is 0.321. The van der Waals surface area contributed by atoms with E-state index < -0.39 is 23.7 Å². The van der Waals surface area contributed by atoms with Crippen LogP contribution in [0.15, 0.2) is 54.6 Å². The first-order valence-corrected chi connectivity index (χ1v) is 11.7. The summed E-state index contributed by atoms with van der Waals surface area (Å²) in [5.74, 6) is 0.268. The van der Waals surface area contributed by atoms with Crippen LogP contribution in [0.25, 0.3) is 0 Å². The molecule has 1 aliphatic carbocycles. The highest BCUT2D eigenvalue weighted by Crippen LogP contribution is 2.44. The fourth-order valence-electron chi connectivity index (χ4n) is 5.13. The van der Waals surface area contributed by atoms with Crippen LogP contribution in [-0.2, 0) is 28.5 Å². The lowest BCUT2D eigenvalue weighted by molar-refractivity contribution is -0.141. The van der Waals surface area contributed by atoms with Gasteiger partial charge in [0.25, 0.3) is 0 Å². The van der Waals surface area contributed by atoms with Crippen LogP contribution in [0.1, 0.15) is 58.2 Å². The molecule has 3 aromatic carbocycles. The lowest BCUT2D eigenvalue weighted by Gasteiger charge is -2.20. The molecule has 1 heterocycles. The van der Waals surface area contributed by atoms with Crippen molar-refractivity contribution in [2.45, 2.75) is 43.9 Å². The van der Waals surface area contributed by atoms with Gasteiger partial charge in [0.1, 0.15) is 23.4 Å². The number of alkyl halides is 3. The second-order valence-electron chi connectivity index (χ2n) is 9.10. The molecular formula is C28H24F4O4. The molecule has 0 spiro atoms. The first-order valence-electron chi connectivity index (χ1n) is 11.7. The number of esters is 1. The second kappa shape index (κ2) is 9.48. The summed E-state index contributed by atoms with van der Waals surface area (Å²) in [6.45, 7) is 0.365. The second-order valence-corrected chi connectivity index (χ2v) is 9.10. The van der Waals surface area contributed by atoms with E-state index in [9.17, 15) is 22.4 Å². The van der Waals surface area contributed by atoms with E-state index in [2.05, 4.69) is 0 Å². The first kappa shape index (κ1) is 24.2. The average Bonchev–Trinajstić information content (AvgIpc) is 3.42. The van der Waals surface area contributed by atoms with Crippen LogP contribution in [0.4, 0.5) is 17.6 Å². The van der Waals surface area contributed by atoms with Gasteiger partial charge in [-0.25, -0.2) is 4.39 Å². The summed E-state index contributed by atoms with van der Waals surface area (Å²) in [5.41, 5.74) is 2.16.